The Morgan fingerprint density at radius 3 is 2.52 bits per heavy atom. The van der Waals surface area contributed by atoms with E-state index in [0.717, 1.165) is 56.8 Å². The number of aromatic nitrogens is 1. The van der Waals surface area contributed by atoms with Crippen molar-refractivity contribution in [3.63, 3.8) is 0 Å². The van der Waals surface area contributed by atoms with Crippen molar-refractivity contribution in [3.05, 3.63) is 89.2 Å². The number of aryl methyl sites for hydroxylation is 3. The lowest BCUT2D eigenvalue weighted by atomic mass is 9.55. The Morgan fingerprint density at radius 1 is 0.905 bits per heavy atom. The molecule has 3 unspecified atom stereocenters. The number of fused-ring (bicyclic) bond motifs is 5. The van der Waals surface area contributed by atoms with Crippen LogP contribution in [-0.4, -0.2) is 12.4 Å². The van der Waals surface area contributed by atoms with Gasteiger partial charge in [-0.3, -0.25) is 4.79 Å². The largest absolute Gasteiger partial charge is 0.494 e. The van der Waals surface area contributed by atoms with E-state index < -0.39 is 0 Å². The number of unbranched alkanes of at least 4 members (excludes halogenated alkanes) is 4. The molecule has 2 aromatic carbocycles. The number of benzene rings is 2. The van der Waals surface area contributed by atoms with Crippen molar-refractivity contribution in [3.8, 4) is 5.75 Å². The van der Waals surface area contributed by atoms with Gasteiger partial charge in [0, 0.05) is 41.0 Å². The summed E-state index contributed by atoms with van der Waals surface area (Å²) in [5.74, 6) is 4.54. The van der Waals surface area contributed by atoms with Gasteiger partial charge >= 0.3 is 0 Å². The van der Waals surface area contributed by atoms with Crippen molar-refractivity contribution in [2.24, 2.45) is 17.3 Å². The summed E-state index contributed by atoms with van der Waals surface area (Å²) in [4.78, 5) is 13.9. The van der Waals surface area contributed by atoms with Crippen molar-refractivity contribution in [1.82, 2.24) is 0 Å². The zero-order chi connectivity index (χ0) is 28.9. The quantitative estimate of drug-likeness (QED) is 0.121. The zero-order valence-corrected chi connectivity index (χ0v) is 26.5. The predicted octanol–water partition coefficient (Wildman–Crippen LogP) is 9.03. The van der Waals surface area contributed by atoms with E-state index in [2.05, 4.69) is 85.4 Å². The fourth-order valence-electron chi connectivity index (χ4n) is 8.08. The van der Waals surface area contributed by atoms with Crippen LogP contribution in [0.25, 0.3) is 0 Å². The standard InChI is InChI=1S/C38H48NO2S/c1-28-8-10-29(11-9-28)27-42-32-19-23-39(24-20-32)22-6-4-3-5-7-25-41-31-13-15-33-30(26-31)12-14-35-34(33)18-21-38(2)36(35)16-17-37(38)40/h8-11,13,15,19-20,23-24,26,34-36H,3-7,12,14,16-18,21-22,25,27H2,1-2H3/q+1/t34?,35?,36?,38-/m0/s1. The summed E-state index contributed by atoms with van der Waals surface area (Å²) >= 11 is 1.90. The Labute approximate surface area is 257 Å². The highest BCUT2D eigenvalue weighted by Gasteiger charge is 2.54. The number of hydrogen-bond acceptors (Lipinski definition) is 3. The highest BCUT2D eigenvalue weighted by Crippen LogP contribution is 2.59. The second kappa shape index (κ2) is 13.4. The topological polar surface area (TPSA) is 30.2 Å². The number of ether oxygens (including phenoxy) is 1. The van der Waals surface area contributed by atoms with Crippen LogP contribution in [0.2, 0.25) is 0 Å². The second-order valence-electron chi connectivity index (χ2n) is 13.4. The van der Waals surface area contributed by atoms with E-state index >= 15 is 0 Å². The molecule has 4 heteroatoms. The van der Waals surface area contributed by atoms with Gasteiger partial charge in [-0.2, -0.15) is 0 Å². The first-order chi connectivity index (χ1) is 20.5. The lowest BCUT2D eigenvalue weighted by Gasteiger charge is -2.48. The summed E-state index contributed by atoms with van der Waals surface area (Å²) in [6.45, 7) is 6.30. The molecule has 2 saturated carbocycles. The smallest absolute Gasteiger partial charge is 0.169 e. The number of pyridine rings is 1. The van der Waals surface area contributed by atoms with Gasteiger partial charge in [0.05, 0.1) is 6.61 Å². The Kier molecular flexibility index (Phi) is 9.38. The maximum Gasteiger partial charge on any atom is 0.169 e. The number of thioether (sulfide) groups is 1. The van der Waals surface area contributed by atoms with Crippen LogP contribution < -0.4 is 9.30 Å². The zero-order valence-electron chi connectivity index (χ0n) is 25.7. The summed E-state index contributed by atoms with van der Waals surface area (Å²) in [5.41, 5.74) is 5.71. The average Bonchev–Trinajstić information content (AvgIpc) is 3.32. The minimum atomic E-state index is -0.0341. The van der Waals surface area contributed by atoms with E-state index in [9.17, 15) is 4.79 Å². The van der Waals surface area contributed by atoms with Crippen LogP contribution in [0.15, 0.2) is 71.9 Å². The third-order valence-electron chi connectivity index (χ3n) is 10.6. The summed E-state index contributed by atoms with van der Waals surface area (Å²) in [7, 11) is 0. The fraction of sp³-hybridized carbons (Fsp3) is 0.526. The normalized spacial score (nSPS) is 24.6. The Hall–Kier alpha value is -2.59. The van der Waals surface area contributed by atoms with Crippen LogP contribution in [0.5, 0.6) is 5.75 Å². The Balaban J connectivity index is 0.861. The number of nitrogens with zero attached hydrogens (tertiary/aromatic N) is 1. The van der Waals surface area contributed by atoms with Gasteiger partial charge in [-0.1, -0.05) is 55.7 Å². The molecule has 4 atom stereocenters. The molecule has 222 valence electrons. The first-order valence-electron chi connectivity index (χ1n) is 16.5. The number of carbonyl (C=O) groups is 1. The summed E-state index contributed by atoms with van der Waals surface area (Å²) in [6, 6.07) is 20.2. The lowest BCUT2D eigenvalue weighted by molar-refractivity contribution is -0.697. The van der Waals surface area contributed by atoms with Gasteiger partial charge in [0.15, 0.2) is 12.4 Å². The molecule has 0 spiro atoms. The fourth-order valence-corrected chi connectivity index (χ4v) is 8.92. The third kappa shape index (κ3) is 6.64. The number of ketones is 1. The van der Waals surface area contributed by atoms with Gasteiger partial charge in [-0.25, -0.2) is 4.57 Å². The number of carbonyl (C=O) groups excluding carboxylic acids is 1. The highest BCUT2D eigenvalue weighted by molar-refractivity contribution is 7.98. The van der Waals surface area contributed by atoms with Gasteiger partial charge in [-0.15, -0.1) is 11.8 Å². The Bertz CT molecular complexity index is 1350. The maximum atomic E-state index is 12.6. The van der Waals surface area contributed by atoms with Crippen LogP contribution in [0, 0.1) is 24.2 Å². The molecule has 1 aromatic heterocycles. The SMILES string of the molecule is Cc1ccc(CSc2cc[n+](CCCCCCCOc3ccc4c(c3)CCC3C4CC[C@]4(C)C(=O)CCC34)cc2)cc1. The van der Waals surface area contributed by atoms with E-state index in [1.165, 1.54) is 60.1 Å². The van der Waals surface area contributed by atoms with Crippen molar-refractivity contribution in [2.45, 2.75) is 108 Å². The minimum Gasteiger partial charge on any atom is -0.494 e. The predicted molar refractivity (Wildman–Crippen MR) is 172 cm³/mol. The maximum absolute atomic E-state index is 12.6. The first kappa shape index (κ1) is 29.5. The lowest BCUT2D eigenvalue weighted by Crippen LogP contribution is -2.42. The van der Waals surface area contributed by atoms with Gasteiger partial charge in [0.2, 0.25) is 0 Å². The molecule has 0 bridgehead atoms. The molecule has 42 heavy (non-hydrogen) atoms. The molecule has 0 aliphatic heterocycles. The minimum absolute atomic E-state index is 0.0341. The second-order valence-corrected chi connectivity index (χ2v) is 14.4. The van der Waals surface area contributed by atoms with Gasteiger partial charge in [0.1, 0.15) is 18.1 Å². The molecule has 3 aromatic rings. The van der Waals surface area contributed by atoms with E-state index in [0.29, 0.717) is 23.5 Å². The summed E-state index contributed by atoms with van der Waals surface area (Å²) in [6.07, 6.45) is 17.1. The van der Waals surface area contributed by atoms with Crippen LogP contribution in [0.1, 0.15) is 99.3 Å². The number of Topliss-reactive ketones (excluding diaryl/α,β-unsaturated/α-hetero) is 1. The van der Waals surface area contributed by atoms with Gasteiger partial charge < -0.3 is 4.74 Å². The van der Waals surface area contributed by atoms with Crippen molar-refractivity contribution < 1.29 is 14.1 Å². The summed E-state index contributed by atoms with van der Waals surface area (Å²) in [5, 5.41) is 0. The van der Waals surface area contributed by atoms with Gasteiger partial charge in [-0.05, 0) is 98.4 Å². The average molecular weight is 583 g/mol. The number of rotatable bonds is 12. The van der Waals surface area contributed by atoms with E-state index in [4.69, 9.17) is 4.74 Å². The first-order valence-corrected chi connectivity index (χ1v) is 17.4. The molecular weight excluding hydrogens is 534 g/mol. The molecular formula is C38H48NO2S+. The highest BCUT2D eigenvalue weighted by atomic mass is 32.2. The number of hydrogen-bond donors (Lipinski definition) is 0. The molecule has 0 radical (unpaired) electrons. The van der Waals surface area contributed by atoms with Crippen LogP contribution in [0.3, 0.4) is 0 Å². The summed E-state index contributed by atoms with van der Waals surface area (Å²) < 4.78 is 8.51. The molecule has 3 nitrogen and oxygen atoms in total. The Morgan fingerprint density at radius 2 is 1.69 bits per heavy atom. The monoisotopic (exact) mass is 582 g/mol. The molecule has 0 amide bonds. The van der Waals surface area contributed by atoms with Crippen molar-refractivity contribution >= 4 is 17.5 Å². The molecule has 1 heterocycles. The van der Waals surface area contributed by atoms with E-state index in [1.54, 1.807) is 5.56 Å². The molecule has 6 rings (SSSR count). The van der Waals surface area contributed by atoms with Gasteiger partial charge in [0.25, 0.3) is 0 Å². The van der Waals surface area contributed by atoms with E-state index in [-0.39, 0.29) is 5.41 Å². The molecule has 2 fully saturated rings. The van der Waals surface area contributed by atoms with Crippen molar-refractivity contribution in [2.75, 3.05) is 6.61 Å². The van der Waals surface area contributed by atoms with Crippen molar-refractivity contribution in [1.29, 1.82) is 0 Å². The molecule has 3 aliphatic carbocycles. The van der Waals surface area contributed by atoms with E-state index in [1.807, 2.05) is 11.8 Å². The molecule has 0 saturated heterocycles. The molecule has 3 aliphatic rings. The van der Waals surface area contributed by atoms with Crippen LogP contribution in [0.4, 0.5) is 0 Å². The van der Waals surface area contributed by atoms with Crippen LogP contribution in [-0.2, 0) is 23.5 Å². The van der Waals surface area contributed by atoms with Crippen LogP contribution >= 0.6 is 11.8 Å². The molecule has 0 N–H and O–H groups in total. The third-order valence-corrected chi connectivity index (χ3v) is 11.7.